The second-order valence-electron chi connectivity index (χ2n) is 5.41. The van der Waals surface area contributed by atoms with E-state index < -0.39 is 0 Å². The molecule has 0 bridgehead atoms. The number of hydrogen-bond acceptors (Lipinski definition) is 7. The number of aromatic amines is 1. The van der Waals surface area contributed by atoms with E-state index in [1.807, 2.05) is 6.07 Å². The molecule has 1 aromatic heterocycles. The molecule has 2 N–H and O–H groups in total. The van der Waals surface area contributed by atoms with Crippen molar-refractivity contribution in [3.05, 3.63) is 46.7 Å². The molecule has 8 nitrogen and oxygen atoms in total. The van der Waals surface area contributed by atoms with Crippen LogP contribution in [0.4, 0.5) is 0 Å². The lowest BCUT2D eigenvalue weighted by atomic mass is 10.2. The first kappa shape index (κ1) is 18.5. The SMILES string of the molecule is COc1cc(/C=N/n2c(-c3ccc(OC)c(OC)c3)n[nH]c2=S)ccc1O. The van der Waals surface area contributed by atoms with Gasteiger partial charge in [0.1, 0.15) is 0 Å². The summed E-state index contributed by atoms with van der Waals surface area (Å²) in [6.07, 6.45) is 1.59. The lowest BCUT2D eigenvalue weighted by molar-refractivity contribution is 0.355. The van der Waals surface area contributed by atoms with E-state index in [9.17, 15) is 5.11 Å². The molecule has 3 rings (SSSR count). The van der Waals surface area contributed by atoms with Crippen molar-refractivity contribution < 1.29 is 19.3 Å². The van der Waals surface area contributed by atoms with Gasteiger partial charge in [0, 0.05) is 5.56 Å². The lowest BCUT2D eigenvalue weighted by Gasteiger charge is -2.09. The Morgan fingerprint density at radius 1 is 1.04 bits per heavy atom. The van der Waals surface area contributed by atoms with Crippen molar-refractivity contribution in [3.63, 3.8) is 0 Å². The topological polar surface area (TPSA) is 93.9 Å². The highest BCUT2D eigenvalue weighted by Gasteiger charge is 2.12. The zero-order valence-corrected chi connectivity index (χ0v) is 15.8. The fourth-order valence-electron chi connectivity index (χ4n) is 2.46. The molecule has 1 heterocycles. The summed E-state index contributed by atoms with van der Waals surface area (Å²) in [5, 5.41) is 21.1. The highest BCUT2D eigenvalue weighted by atomic mass is 32.1. The minimum Gasteiger partial charge on any atom is -0.504 e. The fourth-order valence-corrected chi connectivity index (χ4v) is 2.64. The van der Waals surface area contributed by atoms with Crippen molar-refractivity contribution in [1.82, 2.24) is 14.9 Å². The van der Waals surface area contributed by atoms with Crippen molar-refractivity contribution in [2.24, 2.45) is 5.10 Å². The number of aromatic hydroxyl groups is 1. The van der Waals surface area contributed by atoms with Gasteiger partial charge in [0.25, 0.3) is 0 Å². The molecule has 0 spiro atoms. The predicted molar refractivity (Wildman–Crippen MR) is 104 cm³/mol. The Labute approximate surface area is 160 Å². The summed E-state index contributed by atoms with van der Waals surface area (Å²) in [6.45, 7) is 0. The van der Waals surface area contributed by atoms with Gasteiger partial charge < -0.3 is 19.3 Å². The Morgan fingerprint density at radius 3 is 2.48 bits per heavy atom. The van der Waals surface area contributed by atoms with Crippen LogP contribution in [-0.4, -0.2) is 47.5 Å². The van der Waals surface area contributed by atoms with Crippen LogP contribution in [0.5, 0.6) is 23.0 Å². The number of phenols is 1. The molecule has 0 aliphatic carbocycles. The van der Waals surface area contributed by atoms with E-state index in [4.69, 9.17) is 26.4 Å². The summed E-state index contributed by atoms with van der Waals surface area (Å²) < 4.78 is 17.5. The number of aromatic nitrogens is 3. The summed E-state index contributed by atoms with van der Waals surface area (Å²) in [7, 11) is 4.62. The maximum Gasteiger partial charge on any atom is 0.216 e. The first-order chi connectivity index (χ1) is 13.1. The lowest BCUT2D eigenvalue weighted by Crippen LogP contribution is -1.97. The molecule has 0 radical (unpaired) electrons. The molecule has 0 aliphatic heterocycles. The number of hydrogen-bond donors (Lipinski definition) is 2. The molecule has 27 heavy (non-hydrogen) atoms. The van der Waals surface area contributed by atoms with E-state index >= 15 is 0 Å². The molecule has 3 aromatic rings. The van der Waals surface area contributed by atoms with Gasteiger partial charge in [-0.25, -0.2) is 5.10 Å². The molecule has 140 valence electrons. The molecule has 0 fully saturated rings. The van der Waals surface area contributed by atoms with Gasteiger partial charge in [0.2, 0.25) is 4.77 Å². The third-order valence-electron chi connectivity index (χ3n) is 3.82. The number of ether oxygens (including phenoxy) is 3. The van der Waals surface area contributed by atoms with Crippen LogP contribution in [0, 0.1) is 4.77 Å². The molecule has 0 amide bonds. The molecule has 0 saturated carbocycles. The van der Waals surface area contributed by atoms with Gasteiger partial charge in [-0.15, -0.1) is 0 Å². The van der Waals surface area contributed by atoms with Gasteiger partial charge in [0.05, 0.1) is 27.5 Å². The van der Waals surface area contributed by atoms with Gasteiger partial charge in [-0.05, 0) is 54.2 Å². The molecule has 9 heteroatoms. The van der Waals surface area contributed by atoms with E-state index in [1.54, 1.807) is 44.7 Å². The van der Waals surface area contributed by atoms with Gasteiger partial charge >= 0.3 is 0 Å². The third kappa shape index (κ3) is 3.77. The Bertz CT molecular complexity index is 1040. The summed E-state index contributed by atoms with van der Waals surface area (Å²) >= 11 is 5.28. The van der Waals surface area contributed by atoms with Gasteiger partial charge in [-0.1, -0.05) is 0 Å². The van der Waals surface area contributed by atoms with Gasteiger partial charge in [-0.3, -0.25) is 0 Å². The van der Waals surface area contributed by atoms with Crippen LogP contribution in [0.2, 0.25) is 0 Å². The standard InChI is InChI=1S/C18H18N4O4S/c1-24-14-7-5-12(9-16(14)26-3)17-20-21-18(27)22(17)19-10-11-4-6-13(23)15(8-11)25-2/h4-10,23H,1-3H3,(H,21,27)/b19-10+. The quantitative estimate of drug-likeness (QED) is 0.499. The second kappa shape index (κ2) is 7.92. The zero-order chi connectivity index (χ0) is 19.4. The summed E-state index contributed by atoms with van der Waals surface area (Å²) in [6, 6.07) is 10.3. The van der Waals surface area contributed by atoms with Crippen LogP contribution >= 0.6 is 12.2 Å². The summed E-state index contributed by atoms with van der Waals surface area (Å²) in [4.78, 5) is 0. The zero-order valence-electron chi connectivity index (χ0n) is 15.0. The van der Waals surface area contributed by atoms with Crippen molar-refractivity contribution in [3.8, 4) is 34.4 Å². The summed E-state index contributed by atoms with van der Waals surface area (Å²) in [5.41, 5.74) is 1.48. The van der Waals surface area contributed by atoms with Gasteiger partial charge in [0.15, 0.2) is 28.8 Å². The van der Waals surface area contributed by atoms with E-state index in [2.05, 4.69) is 15.3 Å². The second-order valence-corrected chi connectivity index (χ2v) is 5.80. The third-order valence-corrected chi connectivity index (χ3v) is 4.08. The molecule has 0 atom stereocenters. The van der Waals surface area contributed by atoms with Crippen molar-refractivity contribution in [1.29, 1.82) is 0 Å². The van der Waals surface area contributed by atoms with Crippen LogP contribution in [0.15, 0.2) is 41.5 Å². The highest BCUT2D eigenvalue weighted by molar-refractivity contribution is 7.71. The Kier molecular flexibility index (Phi) is 5.41. The number of benzene rings is 2. The molecular formula is C18H18N4O4S. The molecular weight excluding hydrogens is 368 g/mol. The van der Waals surface area contributed by atoms with Crippen LogP contribution in [0.1, 0.15) is 5.56 Å². The van der Waals surface area contributed by atoms with E-state index in [-0.39, 0.29) is 5.75 Å². The van der Waals surface area contributed by atoms with Crippen molar-refractivity contribution in [2.45, 2.75) is 0 Å². The highest BCUT2D eigenvalue weighted by Crippen LogP contribution is 2.31. The predicted octanol–water partition coefficient (Wildman–Crippen LogP) is 3.22. The largest absolute Gasteiger partial charge is 0.504 e. The number of nitrogens with zero attached hydrogens (tertiary/aromatic N) is 3. The van der Waals surface area contributed by atoms with Gasteiger partial charge in [-0.2, -0.15) is 14.9 Å². The van der Waals surface area contributed by atoms with Crippen LogP contribution in [0.25, 0.3) is 11.4 Å². The Hall–Kier alpha value is -3.33. The number of nitrogens with one attached hydrogen (secondary N) is 1. The number of phenolic OH excluding ortho intramolecular Hbond substituents is 1. The molecule has 0 saturated heterocycles. The maximum absolute atomic E-state index is 9.69. The van der Waals surface area contributed by atoms with Crippen LogP contribution in [-0.2, 0) is 0 Å². The van der Waals surface area contributed by atoms with Crippen LogP contribution in [0.3, 0.4) is 0 Å². The average molecular weight is 386 g/mol. The summed E-state index contributed by atoms with van der Waals surface area (Å²) in [5.74, 6) is 2.11. The first-order valence-electron chi connectivity index (χ1n) is 7.88. The van der Waals surface area contributed by atoms with Crippen LogP contribution < -0.4 is 14.2 Å². The number of H-pyrrole nitrogens is 1. The van der Waals surface area contributed by atoms with E-state index in [0.717, 1.165) is 11.1 Å². The monoisotopic (exact) mass is 386 g/mol. The van der Waals surface area contributed by atoms with E-state index in [0.29, 0.717) is 27.8 Å². The van der Waals surface area contributed by atoms with Crippen molar-refractivity contribution in [2.75, 3.05) is 21.3 Å². The van der Waals surface area contributed by atoms with Crippen molar-refractivity contribution >= 4 is 18.4 Å². The Morgan fingerprint density at radius 2 is 1.78 bits per heavy atom. The minimum atomic E-state index is 0.0561. The fraction of sp³-hybridized carbons (Fsp3) is 0.167. The smallest absolute Gasteiger partial charge is 0.216 e. The van der Waals surface area contributed by atoms with E-state index in [1.165, 1.54) is 17.9 Å². The first-order valence-corrected chi connectivity index (χ1v) is 8.29. The molecule has 0 unspecified atom stereocenters. The maximum atomic E-state index is 9.69. The number of rotatable bonds is 6. The Balaban J connectivity index is 1.99. The average Bonchev–Trinajstić information content (AvgIpc) is 3.07. The minimum absolute atomic E-state index is 0.0561. The molecule has 2 aromatic carbocycles. The molecule has 0 aliphatic rings. The normalized spacial score (nSPS) is 10.9. The number of methoxy groups -OCH3 is 3.